The molecule has 5 rings (SSSR count). The average Bonchev–Trinajstić information content (AvgIpc) is 3.27. The fourth-order valence-electron chi connectivity index (χ4n) is 4.20. The van der Waals surface area contributed by atoms with E-state index in [9.17, 15) is 9.59 Å². The number of fused-ring (bicyclic) bond motifs is 1. The van der Waals surface area contributed by atoms with Gasteiger partial charge in [-0.3, -0.25) is 24.3 Å². The predicted octanol–water partition coefficient (Wildman–Crippen LogP) is 4.69. The van der Waals surface area contributed by atoms with Crippen LogP contribution in [0, 0.1) is 20.8 Å². The van der Waals surface area contributed by atoms with Crippen molar-refractivity contribution < 1.29 is 8.94 Å². The topological polar surface area (TPSA) is 127 Å². The lowest BCUT2D eigenvalue weighted by Crippen LogP contribution is -2.13. The Morgan fingerprint density at radius 1 is 1.06 bits per heavy atom. The summed E-state index contributed by atoms with van der Waals surface area (Å²) in [6.07, 6.45) is 5.05. The van der Waals surface area contributed by atoms with E-state index in [1.165, 1.54) is 0 Å². The van der Waals surface area contributed by atoms with Gasteiger partial charge in [0, 0.05) is 35.3 Å². The summed E-state index contributed by atoms with van der Waals surface area (Å²) in [6.45, 7) is 7.62. The van der Waals surface area contributed by atoms with Crippen LogP contribution in [0.15, 0.2) is 67.5 Å². The van der Waals surface area contributed by atoms with E-state index in [0.29, 0.717) is 33.7 Å². The maximum Gasteiger partial charge on any atom is 0.439 e. The van der Waals surface area contributed by atoms with Crippen molar-refractivity contribution in [3.63, 3.8) is 0 Å². The number of aromatic nitrogens is 4. The Balaban J connectivity index is 1.64. The molecular weight excluding hydrogens is 446 g/mol. The number of rotatable bonds is 5. The SMILES string of the molecule is Cc1cncc(-c2oc3c([C@@H](C)Nc4cccnc4-c4noc(=O)[nH]4)cc(C)cc3c(=O)c2C)c1. The van der Waals surface area contributed by atoms with E-state index < -0.39 is 5.76 Å². The van der Waals surface area contributed by atoms with Crippen LogP contribution in [0.25, 0.3) is 33.8 Å². The highest BCUT2D eigenvalue weighted by molar-refractivity contribution is 5.85. The lowest BCUT2D eigenvalue weighted by Gasteiger charge is -2.19. The van der Waals surface area contributed by atoms with Crippen LogP contribution in [0.4, 0.5) is 5.69 Å². The van der Waals surface area contributed by atoms with E-state index in [4.69, 9.17) is 4.42 Å². The van der Waals surface area contributed by atoms with Crippen molar-refractivity contribution in [2.75, 3.05) is 5.32 Å². The third-order valence-corrected chi connectivity index (χ3v) is 5.84. The maximum absolute atomic E-state index is 13.4. The summed E-state index contributed by atoms with van der Waals surface area (Å²) in [6, 6.07) is 9.10. The first-order valence-electron chi connectivity index (χ1n) is 11.1. The van der Waals surface area contributed by atoms with E-state index in [1.54, 1.807) is 31.6 Å². The van der Waals surface area contributed by atoms with Crippen LogP contribution >= 0.6 is 0 Å². The number of benzene rings is 1. The van der Waals surface area contributed by atoms with Gasteiger partial charge in [0.25, 0.3) is 0 Å². The molecule has 4 heterocycles. The third-order valence-electron chi connectivity index (χ3n) is 5.84. The van der Waals surface area contributed by atoms with Crippen molar-refractivity contribution in [1.82, 2.24) is 20.1 Å². The number of nitrogens with zero attached hydrogens (tertiary/aromatic N) is 3. The molecule has 0 amide bonds. The molecule has 0 spiro atoms. The molecule has 176 valence electrons. The monoisotopic (exact) mass is 469 g/mol. The van der Waals surface area contributed by atoms with Crippen LogP contribution < -0.4 is 16.5 Å². The molecular formula is C26H23N5O4. The molecule has 1 atom stereocenters. The summed E-state index contributed by atoms with van der Waals surface area (Å²) in [5, 5.41) is 7.69. The van der Waals surface area contributed by atoms with Crippen molar-refractivity contribution in [1.29, 1.82) is 0 Å². The van der Waals surface area contributed by atoms with E-state index in [2.05, 4.69) is 29.9 Å². The number of hydrogen-bond donors (Lipinski definition) is 2. The van der Waals surface area contributed by atoms with E-state index >= 15 is 0 Å². The number of aromatic amines is 1. The van der Waals surface area contributed by atoms with Gasteiger partial charge in [-0.2, -0.15) is 0 Å². The molecule has 0 bridgehead atoms. The molecule has 0 aliphatic heterocycles. The highest BCUT2D eigenvalue weighted by atomic mass is 16.5. The van der Waals surface area contributed by atoms with Crippen molar-refractivity contribution in [2.24, 2.45) is 0 Å². The molecule has 35 heavy (non-hydrogen) atoms. The molecule has 0 fully saturated rings. The zero-order chi connectivity index (χ0) is 24.7. The first-order chi connectivity index (χ1) is 16.8. The van der Waals surface area contributed by atoms with Gasteiger partial charge < -0.3 is 9.73 Å². The molecule has 1 aromatic carbocycles. The van der Waals surface area contributed by atoms with E-state index in [0.717, 1.165) is 22.3 Å². The van der Waals surface area contributed by atoms with Gasteiger partial charge in [-0.15, -0.1) is 0 Å². The highest BCUT2D eigenvalue weighted by Gasteiger charge is 2.20. The van der Waals surface area contributed by atoms with Crippen molar-refractivity contribution in [3.8, 4) is 22.8 Å². The van der Waals surface area contributed by atoms with Gasteiger partial charge in [0.2, 0.25) is 5.82 Å². The number of nitrogens with one attached hydrogen (secondary N) is 2. The van der Waals surface area contributed by atoms with Gasteiger partial charge in [0.15, 0.2) is 5.43 Å². The molecule has 0 aliphatic carbocycles. The molecule has 0 saturated carbocycles. The predicted molar refractivity (Wildman–Crippen MR) is 132 cm³/mol. The Hall–Kier alpha value is -4.53. The largest absolute Gasteiger partial charge is 0.455 e. The van der Waals surface area contributed by atoms with Crippen molar-refractivity contribution in [3.05, 3.63) is 92.0 Å². The van der Waals surface area contributed by atoms with Crippen LogP contribution in [0.3, 0.4) is 0 Å². The molecule has 0 aliphatic rings. The fourth-order valence-corrected chi connectivity index (χ4v) is 4.20. The molecule has 0 saturated heterocycles. The van der Waals surface area contributed by atoms with Crippen LogP contribution in [-0.2, 0) is 0 Å². The zero-order valence-electron chi connectivity index (χ0n) is 19.7. The molecule has 4 aromatic heterocycles. The summed E-state index contributed by atoms with van der Waals surface area (Å²) < 4.78 is 11.0. The lowest BCUT2D eigenvalue weighted by atomic mass is 9.99. The molecule has 0 radical (unpaired) electrons. The Kier molecular flexibility index (Phi) is 5.52. The second-order valence-corrected chi connectivity index (χ2v) is 8.58. The summed E-state index contributed by atoms with van der Waals surface area (Å²) in [7, 11) is 0. The molecule has 2 N–H and O–H groups in total. The third kappa shape index (κ3) is 4.12. The normalized spacial score (nSPS) is 12.1. The second kappa shape index (κ2) is 8.68. The van der Waals surface area contributed by atoms with Gasteiger partial charge in [-0.1, -0.05) is 11.2 Å². The van der Waals surface area contributed by atoms with Gasteiger partial charge in [-0.05, 0) is 63.1 Å². The summed E-state index contributed by atoms with van der Waals surface area (Å²) >= 11 is 0. The van der Waals surface area contributed by atoms with Crippen molar-refractivity contribution >= 4 is 16.7 Å². The zero-order valence-corrected chi connectivity index (χ0v) is 19.7. The van der Waals surface area contributed by atoms with E-state index in [-0.39, 0.29) is 17.3 Å². The second-order valence-electron chi connectivity index (χ2n) is 8.58. The number of anilines is 1. The average molecular weight is 470 g/mol. The molecule has 9 nitrogen and oxygen atoms in total. The van der Waals surface area contributed by atoms with Crippen molar-refractivity contribution in [2.45, 2.75) is 33.7 Å². The van der Waals surface area contributed by atoms with Gasteiger partial charge in [-0.25, -0.2) is 4.79 Å². The van der Waals surface area contributed by atoms with Gasteiger partial charge in [0.1, 0.15) is 17.0 Å². The minimum atomic E-state index is -0.662. The Labute approximate surface area is 199 Å². The molecule has 9 heteroatoms. The maximum atomic E-state index is 13.4. The number of hydrogen-bond acceptors (Lipinski definition) is 8. The van der Waals surface area contributed by atoms with Crippen LogP contribution in [0.1, 0.15) is 35.2 Å². The number of aryl methyl sites for hydroxylation is 2. The minimum Gasteiger partial charge on any atom is -0.455 e. The van der Waals surface area contributed by atoms with Gasteiger partial charge in [0.05, 0.1) is 17.1 Å². The quantitative estimate of drug-likeness (QED) is 0.379. The summed E-state index contributed by atoms with van der Waals surface area (Å²) in [5.41, 5.74) is 5.49. The van der Waals surface area contributed by atoms with E-state index in [1.807, 2.05) is 45.0 Å². The van der Waals surface area contributed by atoms with Gasteiger partial charge >= 0.3 is 5.76 Å². The Morgan fingerprint density at radius 2 is 1.89 bits per heavy atom. The van der Waals surface area contributed by atoms with Crippen LogP contribution in [0.2, 0.25) is 0 Å². The first-order valence-corrected chi connectivity index (χ1v) is 11.1. The minimum absolute atomic E-state index is 0.0813. The number of H-pyrrole nitrogens is 1. The molecule has 5 aromatic rings. The van der Waals surface area contributed by atoms with Crippen LogP contribution in [-0.4, -0.2) is 20.1 Å². The molecule has 0 unspecified atom stereocenters. The smallest absolute Gasteiger partial charge is 0.439 e. The Morgan fingerprint density at radius 3 is 2.63 bits per heavy atom. The number of pyridine rings is 2. The first kappa shape index (κ1) is 22.3. The fraction of sp³-hybridized carbons (Fsp3) is 0.192. The Bertz CT molecular complexity index is 1680. The standard InChI is InChI=1S/C26H23N5O4/c1-13-9-18(16(4)29-20-6-5-7-28-21(20)25-30-26(33)35-31-25)24-19(10-13)22(32)15(3)23(34-24)17-8-14(2)11-27-12-17/h5-12,16,29H,1-4H3,(H,30,31,33)/t16-/m1/s1. The lowest BCUT2D eigenvalue weighted by molar-refractivity contribution is 0.388. The summed E-state index contributed by atoms with van der Waals surface area (Å²) in [4.78, 5) is 36.0. The van der Waals surface area contributed by atoms with Crippen LogP contribution in [0.5, 0.6) is 0 Å². The highest BCUT2D eigenvalue weighted by Crippen LogP contribution is 2.33. The summed E-state index contributed by atoms with van der Waals surface area (Å²) in [5.74, 6) is 0.0543.